The fourth-order valence-electron chi connectivity index (χ4n) is 4.38. The Morgan fingerprint density at radius 3 is 2.64 bits per heavy atom. The molecule has 0 unspecified atom stereocenters. The summed E-state index contributed by atoms with van der Waals surface area (Å²) in [6.07, 6.45) is 9.50. The molecule has 0 bridgehead atoms. The van der Waals surface area contributed by atoms with Gasteiger partial charge in [0.25, 0.3) is 0 Å². The lowest BCUT2D eigenvalue weighted by Crippen LogP contribution is -2.41. The number of pyridine rings is 2. The van der Waals surface area contributed by atoms with Crippen molar-refractivity contribution in [3.63, 3.8) is 0 Å². The van der Waals surface area contributed by atoms with Crippen LogP contribution in [0, 0.1) is 5.41 Å². The minimum absolute atomic E-state index is 0.405. The largest absolute Gasteiger partial charge is 0.356 e. The SMILES string of the molecule is O=Cc1cc2c(N3CCC4(CCNC4)CC3)nc(-c3ccncc3)nc2cn1. The summed E-state index contributed by atoms with van der Waals surface area (Å²) in [5.41, 5.74) is 2.52. The van der Waals surface area contributed by atoms with Crippen LogP contribution in [0.1, 0.15) is 29.8 Å². The third-order valence-corrected chi connectivity index (χ3v) is 6.10. The Morgan fingerprint density at radius 2 is 1.93 bits per heavy atom. The summed E-state index contributed by atoms with van der Waals surface area (Å²) in [4.78, 5) is 31.5. The molecular weight excluding hydrogens is 352 g/mol. The van der Waals surface area contributed by atoms with Gasteiger partial charge < -0.3 is 10.2 Å². The zero-order valence-electron chi connectivity index (χ0n) is 15.6. The van der Waals surface area contributed by atoms with Gasteiger partial charge in [-0.05, 0) is 49.4 Å². The van der Waals surface area contributed by atoms with E-state index in [-0.39, 0.29) is 0 Å². The highest BCUT2D eigenvalue weighted by molar-refractivity contribution is 5.93. The molecule has 2 aliphatic rings. The molecule has 2 fully saturated rings. The zero-order valence-corrected chi connectivity index (χ0v) is 15.6. The number of aromatic nitrogens is 4. The second-order valence-corrected chi connectivity index (χ2v) is 7.76. The van der Waals surface area contributed by atoms with Crippen LogP contribution in [0.3, 0.4) is 0 Å². The number of nitrogens with one attached hydrogen (secondary N) is 1. The van der Waals surface area contributed by atoms with Crippen LogP contribution in [-0.2, 0) is 0 Å². The van der Waals surface area contributed by atoms with Crippen molar-refractivity contribution < 1.29 is 4.79 Å². The second kappa shape index (κ2) is 6.91. The minimum atomic E-state index is 0.405. The van der Waals surface area contributed by atoms with E-state index in [0.29, 0.717) is 16.9 Å². The molecule has 0 atom stereocenters. The maximum atomic E-state index is 11.3. The van der Waals surface area contributed by atoms with Crippen molar-refractivity contribution in [2.45, 2.75) is 19.3 Å². The highest BCUT2D eigenvalue weighted by atomic mass is 16.1. The average molecular weight is 374 g/mol. The van der Waals surface area contributed by atoms with Gasteiger partial charge >= 0.3 is 0 Å². The fraction of sp³-hybridized carbons (Fsp3) is 0.381. The lowest BCUT2D eigenvalue weighted by molar-refractivity contribution is 0.111. The van der Waals surface area contributed by atoms with Crippen LogP contribution in [0.15, 0.2) is 36.8 Å². The van der Waals surface area contributed by atoms with E-state index in [9.17, 15) is 4.79 Å². The number of hydrogen-bond acceptors (Lipinski definition) is 7. The third kappa shape index (κ3) is 3.01. The predicted molar refractivity (Wildman–Crippen MR) is 107 cm³/mol. The number of carbonyl (C=O) groups is 1. The highest BCUT2D eigenvalue weighted by Crippen LogP contribution is 2.39. The molecule has 2 aliphatic heterocycles. The summed E-state index contributed by atoms with van der Waals surface area (Å²) < 4.78 is 0. The standard InChI is InChI=1S/C21H22N6O/c28-13-16-11-17-18(12-24-16)25-19(15-1-6-22-7-2-15)26-20(17)27-9-4-21(5-10-27)3-8-23-14-21/h1-2,6-7,11-13,23H,3-5,8-10,14H2. The molecule has 0 amide bonds. The van der Waals surface area contributed by atoms with E-state index in [1.54, 1.807) is 24.7 Å². The van der Waals surface area contributed by atoms with Gasteiger partial charge in [0.2, 0.25) is 0 Å². The maximum Gasteiger partial charge on any atom is 0.168 e. The van der Waals surface area contributed by atoms with Crippen molar-refractivity contribution >= 4 is 23.0 Å². The molecule has 7 heteroatoms. The summed E-state index contributed by atoms with van der Waals surface area (Å²) in [5, 5.41) is 4.40. The van der Waals surface area contributed by atoms with Gasteiger partial charge in [0.1, 0.15) is 11.5 Å². The van der Waals surface area contributed by atoms with Crippen LogP contribution in [0.2, 0.25) is 0 Å². The van der Waals surface area contributed by atoms with Crippen LogP contribution in [-0.4, -0.2) is 52.4 Å². The van der Waals surface area contributed by atoms with E-state index in [4.69, 9.17) is 9.97 Å². The number of aldehydes is 1. The Hall–Kier alpha value is -2.93. The molecule has 2 saturated heterocycles. The molecule has 28 heavy (non-hydrogen) atoms. The molecule has 7 nitrogen and oxygen atoms in total. The molecule has 3 aromatic rings. The van der Waals surface area contributed by atoms with E-state index >= 15 is 0 Å². The first-order valence-corrected chi connectivity index (χ1v) is 9.75. The van der Waals surface area contributed by atoms with E-state index < -0.39 is 0 Å². The topological polar surface area (TPSA) is 83.9 Å². The quantitative estimate of drug-likeness (QED) is 0.705. The molecule has 3 aromatic heterocycles. The van der Waals surface area contributed by atoms with Crippen molar-refractivity contribution in [3.05, 3.63) is 42.5 Å². The van der Waals surface area contributed by atoms with Crippen molar-refractivity contribution in [1.82, 2.24) is 25.3 Å². The first kappa shape index (κ1) is 17.2. The fourth-order valence-corrected chi connectivity index (χ4v) is 4.38. The Balaban J connectivity index is 1.58. The van der Waals surface area contributed by atoms with Crippen molar-refractivity contribution in [1.29, 1.82) is 0 Å². The van der Waals surface area contributed by atoms with Gasteiger partial charge in [0, 0.05) is 43.0 Å². The van der Waals surface area contributed by atoms with E-state index in [0.717, 1.165) is 67.6 Å². The van der Waals surface area contributed by atoms with E-state index in [1.165, 1.54) is 6.42 Å². The molecule has 0 aromatic carbocycles. The Labute approximate surface area is 163 Å². The van der Waals surface area contributed by atoms with Gasteiger partial charge in [-0.1, -0.05) is 0 Å². The van der Waals surface area contributed by atoms with E-state index in [2.05, 4.69) is 20.2 Å². The van der Waals surface area contributed by atoms with Gasteiger partial charge in [0.15, 0.2) is 12.1 Å². The molecule has 142 valence electrons. The Morgan fingerprint density at radius 1 is 1.11 bits per heavy atom. The number of piperidine rings is 1. The van der Waals surface area contributed by atoms with Crippen molar-refractivity contribution in [2.24, 2.45) is 5.41 Å². The first-order valence-electron chi connectivity index (χ1n) is 9.75. The lowest BCUT2D eigenvalue weighted by atomic mass is 9.78. The maximum absolute atomic E-state index is 11.3. The second-order valence-electron chi connectivity index (χ2n) is 7.76. The highest BCUT2D eigenvalue weighted by Gasteiger charge is 2.37. The van der Waals surface area contributed by atoms with Crippen LogP contribution >= 0.6 is 0 Å². The number of fused-ring (bicyclic) bond motifs is 1. The van der Waals surface area contributed by atoms with Crippen molar-refractivity contribution in [3.8, 4) is 11.4 Å². The van der Waals surface area contributed by atoms with Crippen LogP contribution in [0.5, 0.6) is 0 Å². The van der Waals surface area contributed by atoms with E-state index in [1.807, 2.05) is 12.1 Å². The third-order valence-electron chi connectivity index (χ3n) is 6.10. The molecule has 5 rings (SSSR count). The molecule has 1 N–H and O–H groups in total. The van der Waals surface area contributed by atoms with Crippen LogP contribution in [0.25, 0.3) is 22.3 Å². The summed E-state index contributed by atoms with van der Waals surface area (Å²) in [6.45, 7) is 4.16. The zero-order chi connectivity index (χ0) is 19.0. The van der Waals surface area contributed by atoms with Gasteiger partial charge in [-0.3, -0.25) is 14.8 Å². The molecular formula is C21H22N6O. The Bertz CT molecular complexity index is 1010. The molecule has 5 heterocycles. The van der Waals surface area contributed by atoms with Gasteiger partial charge in [-0.25, -0.2) is 9.97 Å². The van der Waals surface area contributed by atoms with Crippen LogP contribution < -0.4 is 10.2 Å². The van der Waals surface area contributed by atoms with Crippen LogP contribution in [0.4, 0.5) is 5.82 Å². The van der Waals surface area contributed by atoms with Crippen molar-refractivity contribution in [2.75, 3.05) is 31.1 Å². The first-order chi connectivity index (χ1) is 13.8. The average Bonchev–Trinajstić information content (AvgIpc) is 3.22. The van der Waals surface area contributed by atoms with Gasteiger partial charge in [0.05, 0.1) is 11.7 Å². The normalized spacial score (nSPS) is 18.6. The molecule has 0 radical (unpaired) electrons. The summed E-state index contributed by atoms with van der Waals surface area (Å²) >= 11 is 0. The number of hydrogen-bond donors (Lipinski definition) is 1. The van der Waals surface area contributed by atoms with Gasteiger partial charge in [-0.15, -0.1) is 0 Å². The predicted octanol–water partition coefficient (Wildman–Crippen LogP) is 2.48. The molecule has 0 saturated carbocycles. The van der Waals surface area contributed by atoms with Gasteiger partial charge in [-0.2, -0.15) is 0 Å². The number of anilines is 1. The number of nitrogens with zero attached hydrogens (tertiary/aromatic N) is 5. The Kier molecular flexibility index (Phi) is 4.24. The number of rotatable bonds is 3. The monoisotopic (exact) mass is 374 g/mol. The summed E-state index contributed by atoms with van der Waals surface area (Å²) in [5.74, 6) is 1.55. The molecule has 1 spiro atoms. The summed E-state index contributed by atoms with van der Waals surface area (Å²) in [6, 6.07) is 5.62. The smallest absolute Gasteiger partial charge is 0.168 e. The number of carbonyl (C=O) groups excluding carboxylic acids is 1. The summed E-state index contributed by atoms with van der Waals surface area (Å²) in [7, 11) is 0. The molecule has 0 aliphatic carbocycles. The lowest BCUT2D eigenvalue weighted by Gasteiger charge is -2.39. The minimum Gasteiger partial charge on any atom is -0.356 e.